The molecule has 0 saturated carbocycles. The van der Waals surface area contributed by atoms with Gasteiger partial charge in [-0.1, -0.05) is 24.3 Å². The van der Waals surface area contributed by atoms with Crippen LogP contribution in [0.2, 0.25) is 0 Å². The van der Waals surface area contributed by atoms with E-state index in [0.29, 0.717) is 32.1 Å². The zero-order chi connectivity index (χ0) is 26.9. The molecule has 0 aliphatic carbocycles. The Morgan fingerprint density at radius 3 is 2.38 bits per heavy atom. The minimum absolute atomic E-state index is 0.00973. The number of thiophene rings is 1. The Hall–Kier alpha value is -3.71. The van der Waals surface area contributed by atoms with Crippen molar-refractivity contribution < 1.29 is 36.5 Å². The molecule has 0 aliphatic heterocycles. The normalized spacial score (nSPS) is 12.8. The van der Waals surface area contributed by atoms with Gasteiger partial charge in [-0.15, -0.1) is 11.3 Å². The number of aromatic amines is 1. The average molecular weight is 542 g/mol. The Morgan fingerprint density at radius 1 is 1.05 bits per heavy atom. The topological polar surface area (TPSA) is 93.6 Å². The first-order valence-corrected chi connectivity index (χ1v) is 11.5. The van der Waals surface area contributed by atoms with Gasteiger partial charge in [-0.3, -0.25) is 14.3 Å². The molecule has 0 bridgehead atoms. The van der Waals surface area contributed by atoms with Crippen molar-refractivity contribution in [1.29, 1.82) is 0 Å². The molecular formula is C24H19F5N2O5S. The number of aromatic nitrogens is 2. The van der Waals surface area contributed by atoms with E-state index in [1.807, 2.05) is 4.98 Å². The van der Waals surface area contributed by atoms with Crippen molar-refractivity contribution in [1.82, 2.24) is 9.55 Å². The smallest absolute Gasteiger partial charge is 0.416 e. The van der Waals surface area contributed by atoms with Gasteiger partial charge in [0.25, 0.3) is 12.0 Å². The van der Waals surface area contributed by atoms with E-state index in [4.69, 9.17) is 9.47 Å². The summed E-state index contributed by atoms with van der Waals surface area (Å²) in [6.07, 6.45) is -10.3. The highest BCUT2D eigenvalue weighted by atomic mass is 32.1. The SMILES string of the molecule is COc1cc(-c2cc3c(s2)c(=O)[nH]c(=O)n3CC(O)C(F)(F)F)ccc1OCc1ccc(C(F)F)cc1. The summed E-state index contributed by atoms with van der Waals surface area (Å²) in [6.45, 7) is -1.01. The van der Waals surface area contributed by atoms with Crippen LogP contribution in [-0.2, 0) is 13.2 Å². The van der Waals surface area contributed by atoms with Crippen molar-refractivity contribution in [3.63, 3.8) is 0 Å². The van der Waals surface area contributed by atoms with Crippen LogP contribution in [0, 0.1) is 0 Å². The van der Waals surface area contributed by atoms with Gasteiger partial charge in [0.1, 0.15) is 11.3 Å². The molecule has 0 spiro atoms. The van der Waals surface area contributed by atoms with Crippen molar-refractivity contribution in [3.05, 3.63) is 80.5 Å². The molecule has 37 heavy (non-hydrogen) atoms. The minimum Gasteiger partial charge on any atom is -0.493 e. The van der Waals surface area contributed by atoms with Crippen LogP contribution in [0.25, 0.3) is 20.7 Å². The highest BCUT2D eigenvalue weighted by Crippen LogP contribution is 2.37. The molecule has 0 radical (unpaired) electrons. The lowest BCUT2D eigenvalue weighted by Gasteiger charge is -2.16. The standard InChI is InChI=1S/C24H19F5N2O5S/c1-35-17-8-14(6-7-16(17)36-11-12-2-4-13(5-3-12)21(25)26)18-9-15-20(37-18)22(33)30-23(34)31(15)10-19(32)24(27,28)29/h2-9,19,21,32H,10-11H2,1H3,(H,30,33,34). The van der Waals surface area contributed by atoms with E-state index in [1.165, 1.54) is 37.4 Å². The molecule has 0 aliphatic rings. The first-order chi connectivity index (χ1) is 17.5. The highest BCUT2D eigenvalue weighted by molar-refractivity contribution is 7.22. The fraction of sp³-hybridized carbons (Fsp3) is 0.250. The second-order valence-corrected chi connectivity index (χ2v) is 9.00. The number of halogens is 5. The molecule has 2 aromatic carbocycles. The van der Waals surface area contributed by atoms with E-state index < -0.39 is 36.5 Å². The monoisotopic (exact) mass is 542 g/mol. The van der Waals surface area contributed by atoms with Gasteiger partial charge >= 0.3 is 11.9 Å². The van der Waals surface area contributed by atoms with E-state index in [-0.39, 0.29) is 22.4 Å². The number of hydrogen-bond acceptors (Lipinski definition) is 6. The van der Waals surface area contributed by atoms with Gasteiger partial charge in [-0.25, -0.2) is 13.6 Å². The van der Waals surface area contributed by atoms with Gasteiger partial charge in [0.2, 0.25) is 0 Å². The fourth-order valence-corrected chi connectivity index (χ4v) is 4.59. The third kappa shape index (κ3) is 5.67. The Balaban J connectivity index is 1.63. The molecule has 7 nitrogen and oxygen atoms in total. The summed E-state index contributed by atoms with van der Waals surface area (Å²) in [7, 11) is 1.40. The number of ether oxygens (including phenoxy) is 2. The molecule has 4 rings (SSSR count). The molecule has 196 valence electrons. The summed E-state index contributed by atoms with van der Waals surface area (Å²) in [4.78, 5) is 26.9. The van der Waals surface area contributed by atoms with E-state index in [0.717, 1.165) is 11.3 Å². The van der Waals surface area contributed by atoms with Crippen molar-refractivity contribution >= 4 is 21.6 Å². The summed E-state index contributed by atoms with van der Waals surface area (Å²) < 4.78 is 75.9. The van der Waals surface area contributed by atoms with Gasteiger partial charge in [-0.2, -0.15) is 13.2 Å². The highest BCUT2D eigenvalue weighted by Gasteiger charge is 2.39. The largest absolute Gasteiger partial charge is 0.493 e. The molecule has 0 fully saturated rings. The van der Waals surface area contributed by atoms with Crippen molar-refractivity contribution in [2.75, 3.05) is 7.11 Å². The molecule has 2 aromatic heterocycles. The first-order valence-electron chi connectivity index (χ1n) is 10.7. The van der Waals surface area contributed by atoms with Crippen LogP contribution in [0.15, 0.2) is 58.1 Å². The summed E-state index contributed by atoms with van der Waals surface area (Å²) in [6, 6.07) is 11.8. The second-order valence-electron chi connectivity index (χ2n) is 7.95. The number of aliphatic hydroxyl groups is 1. The van der Waals surface area contributed by atoms with Gasteiger partial charge < -0.3 is 14.6 Å². The molecule has 0 saturated heterocycles. The fourth-order valence-electron chi connectivity index (χ4n) is 3.54. The Morgan fingerprint density at radius 2 is 1.76 bits per heavy atom. The van der Waals surface area contributed by atoms with Crippen LogP contribution in [0.5, 0.6) is 11.5 Å². The Bertz CT molecular complexity index is 1530. The van der Waals surface area contributed by atoms with Crippen LogP contribution in [-0.4, -0.2) is 34.0 Å². The number of benzene rings is 2. The van der Waals surface area contributed by atoms with Gasteiger partial charge in [0.05, 0.1) is 19.2 Å². The number of hydrogen-bond donors (Lipinski definition) is 2. The third-order valence-corrected chi connectivity index (χ3v) is 6.65. The molecule has 2 heterocycles. The molecule has 1 unspecified atom stereocenters. The van der Waals surface area contributed by atoms with Crippen LogP contribution >= 0.6 is 11.3 Å². The van der Waals surface area contributed by atoms with Crippen LogP contribution in [0.3, 0.4) is 0 Å². The molecule has 1 atom stereocenters. The zero-order valence-electron chi connectivity index (χ0n) is 19.0. The maximum Gasteiger partial charge on any atom is 0.416 e. The van der Waals surface area contributed by atoms with Gasteiger partial charge in [0, 0.05) is 10.4 Å². The Kier molecular flexibility index (Phi) is 7.37. The van der Waals surface area contributed by atoms with E-state index in [2.05, 4.69) is 0 Å². The van der Waals surface area contributed by atoms with Crippen LogP contribution in [0.1, 0.15) is 17.6 Å². The number of methoxy groups -OCH3 is 1. The number of nitrogens with one attached hydrogen (secondary N) is 1. The maximum atomic E-state index is 12.9. The Labute approximate surface area is 209 Å². The first kappa shape index (κ1) is 26.4. The van der Waals surface area contributed by atoms with Crippen molar-refractivity contribution in [2.24, 2.45) is 0 Å². The predicted octanol–water partition coefficient (Wildman–Crippen LogP) is 4.87. The molecular weight excluding hydrogens is 523 g/mol. The maximum absolute atomic E-state index is 12.9. The number of H-pyrrole nitrogens is 1. The summed E-state index contributed by atoms with van der Waals surface area (Å²) in [5, 5.41) is 9.45. The molecule has 0 amide bonds. The second kappa shape index (κ2) is 10.3. The van der Waals surface area contributed by atoms with E-state index in [9.17, 15) is 36.6 Å². The van der Waals surface area contributed by atoms with Crippen molar-refractivity contribution in [3.8, 4) is 21.9 Å². The lowest BCUT2D eigenvalue weighted by atomic mass is 10.1. The minimum atomic E-state index is -4.95. The van der Waals surface area contributed by atoms with E-state index in [1.54, 1.807) is 18.2 Å². The number of alkyl halides is 5. The third-order valence-electron chi connectivity index (χ3n) is 5.48. The average Bonchev–Trinajstić information content (AvgIpc) is 3.30. The number of rotatable bonds is 8. The van der Waals surface area contributed by atoms with E-state index >= 15 is 0 Å². The van der Waals surface area contributed by atoms with Crippen LogP contribution in [0.4, 0.5) is 22.0 Å². The lowest BCUT2D eigenvalue weighted by molar-refractivity contribution is -0.207. The lowest BCUT2D eigenvalue weighted by Crippen LogP contribution is -2.38. The van der Waals surface area contributed by atoms with Crippen LogP contribution < -0.4 is 20.7 Å². The van der Waals surface area contributed by atoms with Gasteiger partial charge in [-0.05, 0) is 35.4 Å². The predicted molar refractivity (Wildman–Crippen MR) is 126 cm³/mol. The zero-order valence-corrected chi connectivity index (χ0v) is 19.8. The van der Waals surface area contributed by atoms with Crippen molar-refractivity contribution in [2.45, 2.75) is 31.9 Å². The quantitative estimate of drug-likeness (QED) is 0.310. The number of nitrogens with zero attached hydrogens (tertiary/aromatic N) is 1. The summed E-state index contributed by atoms with van der Waals surface area (Å²) in [5.74, 6) is 0.645. The van der Waals surface area contributed by atoms with Gasteiger partial charge in [0.15, 0.2) is 17.6 Å². The molecule has 13 heteroatoms. The summed E-state index contributed by atoms with van der Waals surface area (Å²) in [5.41, 5.74) is -0.818. The number of fused-ring (bicyclic) bond motifs is 1. The number of aliphatic hydroxyl groups excluding tert-OH is 1. The molecule has 2 N–H and O–H groups in total. The molecule has 4 aromatic rings. The summed E-state index contributed by atoms with van der Waals surface area (Å²) >= 11 is 0.949.